The van der Waals surface area contributed by atoms with Crippen molar-refractivity contribution in [3.8, 4) is 5.95 Å². The van der Waals surface area contributed by atoms with Gasteiger partial charge in [-0.05, 0) is 31.2 Å². The van der Waals surface area contributed by atoms with E-state index < -0.39 is 49.1 Å². The first-order valence-corrected chi connectivity index (χ1v) is 14.1. The van der Waals surface area contributed by atoms with Crippen LogP contribution in [0.4, 0.5) is 26.3 Å². The fourth-order valence-corrected chi connectivity index (χ4v) is 4.81. The summed E-state index contributed by atoms with van der Waals surface area (Å²) in [5, 5.41) is 4.07. The van der Waals surface area contributed by atoms with Crippen LogP contribution in [-0.2, 0) is 12.4 Å². The third kappa shape index (κ3) is 6.23. The molecule has 3 rings (SSSR count). The van der Waals surface area contributed by atoms with Crippen LogP contribution < -0.4 is 0 Å². The van der Waals surface area contributed by atoms with Gasteiger partial charge in [-0.2, -0.15) is 36.1 Å². The highest BCUT2D eigenvalue weighted by atomic mass is 28.3. The highest BCUT2D eigenvalue weighted by Crippen LogP contribution is 2.37. The molecule has 1 aromatic carbocycles. The fraction of sp³-hybridized carbons (Fsp3) is 0.381. The van der Waals surface area contributed by atoms with Gasteiger partial charge in [-0.3, -0.25) is 4.79 Å². The molecule has 0 aliphatic heterocycles. The quantitative estimate of drug-likeness (QED) is 0.334. The van der Waals surface area contributed by atoms with E-state index in [9.17, 15) is 31.1 Å². The largest absolute Gasteiger partial charge is 0.416 e. The fourth-order valence-electron chi connectivity index (χ4n) is 3.37. The van der Waals surface area contributed by atoms with Crippen molar-refractivity contribution in [1.29, 1.82) is 0 Å². The van der Waals surface area contributed by atoms with Gasteiger partial charge in [0.2, 0.25) is 0 Å². The summed E-state index contributed by atoms with van der Waals surface area (Å²) < 4.78 is 81.5. The van der Waals surface area contributed by atoms with Crippen LogP contribution >= 0.6 is 0 Å². The number of amides is 1. The average molecular weight is 517 g/mol. The molecule has 188 valence electrons. The molecular weight excluding hydrogens is 494 g/mol. The highest BCUT2D eigenvalue weighted by molar-refractivity contribution is 6.76. The van der Waals surface area contributed by atoms with Crippen LogP contribution in [0.2, 0.25) is 19.6 Å². The monoisotopic (exact) mass is 516 g/mol. The van der Waals surface area contributed by atoms with Crippen molar-refractivity contribution in [1.82, 2.24) is 29.6 Å². The van der Waals surface area contributed by atoms with Crippen molar-refractivity contribution in [2.45, 2.75) is 45.0 Å². The van der Waals surface area contributed by atoms with Crippen LogP contribution in [-0.4, -0.2) is 49.8 Å². The molecule has 0 bridgehead atoms. The van der Waals surface area contributed by atoms with E-state index in [0.717, 1.165) is 0 Å². The smallest absolute Gasteiger partial charge is 0.332 e. The topological polar surface area (TPSA) is 76.8 Å². The molecule has 1 amide bonds. The number of alkyl halides is 6. The molecular formula is C21H22F6N6OSi. The van der Waals surface area contributed by atoms with Gasteiger partial charge >= 0.3 is 12.4 Å². The van der Waals surface area contributed by atoms with Gasteiger partial charge < -0.3 is 4.90 Å². The Bertz CT molecular complexity index is 1160. The number of hydrogen-bond acceptors (Lipinski definition) is 5. The zero-order valence-corrected chi connectivity index (χ0v) is 20.2. The summed E-state index contributed by atoms with van der Waals surface area (Å²) in [4.78, 5) is 27.1. The van der Waals surface area contributed by atoms with Crippen LogP contribution in [0, 0.1) is 0 Å². The predicted molar refractivity (Wildman–Crippen MR) is 116 cm³/mol. The summed E-state index contributed by atoms with van der Waals surface area (Å²) in [7, 11) is -2.12. The molecule has 0 saturated carbocycles. The normalized spacial score (nSPS) is 13.5. The molecule has 0 N–H and O–H groups in total. The summed E-state index contributed by atoms with van der Waals surface area (Å²) in [6.07, 6.45) is -5.89. The van der Waals surface area contributed by atoms with E-state index in [0.29, 0.717) is 12.1 Å². The number of halogens is 6. The maximum atomic E-state index is 13.5. The minimum absolute atomic E-state index is 0.00751. The van der Waals surface area contributed by atoms with E-state index in [1.54, 1.807) is 13.0 Å². The van der Waals surface area contributed by atoms with E-state index in [4.69, 9.17) is 0 Å². The van der Waals surface area contributed by atoms with Crippen molar-refractivity contribution >= 4 is 14.0 Å². The Labute approximate surface area is 197 Å². The van der Waals surface area contributed by atoms with Gasteiger partial charge in [-0.15, -0.1) is 0 Å². The average Bonchev–Trinajstić information content (AvgIpc) is 3.25. The summed E-state index contributed by atoms with van der Waals surface area (Å²) in [6, 6.07) is 1.58. The third-order valence-electron chi connectivity index (χ3n) is 4.90. The molecule has 1 unspecified atom stereocenters. The molecule has 0 radical (unpaired) electrons. The zero-order chi connectivity index (χ0) is 26.2. The number of aromatic nitrogens is 5. The number of nitrogens with zero attached hydrogens (tertiary/aromatic N) is 6. The number of benzene rings is 1. The Hall–Kier alpha value is -3.29. The standard InChI is InChI=1S/C21H22F6N6OSi/c1-13(17-30-11-31-33(17)19-28-6-5-7-29-19)32(12-35(2,3)4)18(34)14-8-15(20(22,23)24)10-16(9-14)21(25,26)27/h5-11,13H,12H2,1-4H3. The van der Waals surface area contributed by atoms with E-state index >= 15 is 0 Å². The van der Waals surface area contributed by atoms with Crippen LogP contribution in [0.25, 0.3) is 5.95 Å². The van der Waals surface area contributed by atoms with Gasteiger partial charge in [-0.25, -0.2) is 15.0 Å². The molecule has 0 aliphatic carbocycles. The van der Waals surface area contributed by atoms with Crippen molar-refractivity contribution in [3.63, 3.8) is 0 Å². The molecule has 7 nitrogen and oxygen atoms in total. The maximum Gasteiger partial charge on any atom is 0.416 e. The maximum absolute atomic E-state index is 13.5. The van der Waals surface area contributed by atoms with Gasteiger partial charge in [-0.1, -0.05) is 19.6 Å². The number of hydrogen-bond donors (Lipinski definition) is 0. The predicted octanol–water partition coefficient (Wildman–Crippen LogP) is 5.18. The van der Waals surface area contributed by atoms with Crippen LogP contribution in [0.1, 0.15) is 40.3 Å². The first-order chi connectivity index (χ1) is 16.1. The Morgan fingerprint density at radius 3 is 2.00 bits per heavy atom. The molecule has 0 saturated heterocycles. The highest BCUT2D eigenvalue weighted by Gasteiger charge is 2.39. The molecule has 0 aliphatic rings. The molecule has 2 aromatic heterocycles. The lowest BCUT2D eigenvalue weighted by Crippen LogP contribution is -2.45. The van der Waals surface area contributed by atoms with E-state index in [2.05, 4.69) is 20.1 Å². The van der Waals surface area contributed by atoms with E-state index in [1.165, 1.54) is 28.3 Å². The third-order valence-corrected chi connectivity index (χ3v) is 6.19. The van der Waals surface area contributed by atoms with Crippen molar-refractivity contribution in [3.05, 3.63) is 65.5 Å². The van der Waals surface area contributed by atoms with Crippen LogP contribution in [0.3, 0.4) is 0 Å². The molecule has 2 heterocycles. The number of carbonyl (C=O) groups excluding carboxylic acids is 1. The van der Waals surface area contributed by atoms with E-state index in [1.807, 2.05) is 19.6 Å². The molecule has 3 aromatic rings. The molecule has 0 fully saturated rings. The van der Waals surface area contributed by atoms with Gasteiger partial charge in [0.15, 0.2) is 5.82 Å². The second-order valence-corrected chi connectivity index (χ2v) is 14.5. The zero-order valence-electron chi connectivity index (χ0n) is 19.2. The van der Waals surface area contributed by atoms with E-state index in [-0.39, 0.29) is 24.0 Å². The van der Waals surface area contributed by atoms with Gasteiger partial charge in [0, 0.05) is 24.1 Å². The first kappa shape index (κ1) is 26.3. The Morgan fingerprint density at radius 2 is 1.51 bits per heavy atom. The number of rotatable bonds is 6. The van der Waals surface area contributed by atoms with Gasteiger partial charge in [0.05, 0.1) is 25.2 Å². The summed E-state index contributed by atoms with van der Waals surface area (Å²) in [5.74, 6) is -0.642. The lowest BCUT2D eigenvalue weighted by atomic mass is 10.0. The van der Waals surface area contributed by atoms with Crippen LogP contribution in [0.5, 0.6) is 0 Å². The number of carbonyl (C=O) groups is 1. The Morgan fingerprint density at radius 1 is 0.971 bits per heavy atom. The summed E-state index contributed by atoms with van der Waals surface area (Å²) >= 11 is 0. The van der Waals surface area contributed by atoms with Crippen molar-refractivity contribution < 1.29 is 31.1 Å². The van der Waals surface area contributed by atoms with Crippen molar-refractivity contribution in [2.24, 2.45) is 0 Å². The lowest BCUT2D eigenvalue weighted by Gasteiger charge is -2.33. The summed E-state index contributed by atoms with van der Waals surface area (Å²) in [6.45, 7) is 7.31. The minimum atomic E-state index is -5.07. The Balaban J connectivity index is 2.11. The molecule has 0 spiro atoms. The van der Waals surface area contributed by atoms with Crippen molar-refractivity contribution in [2.75, 3.05) is 6.17 Å². The molecule has 1 atom stereocenters. The molecule has 14 heteroatoms. The Kier molecular flexibility index (Phi) is 7.06. The SMILES string of the molecule is CC(c1ncnn1-c1ncccn1)N(C[Si](C)(C)C)C(=O)c1cc(C(F)(F)F)cc(C(F)(F)F)c1. The lowest BCUT2D eigenvalue weighted by molar-refractivity contribution is -0.143. The minimum Gasteiger partial charge on any atom is -0.332 e. The van der Waals surface area contributed by atoms with Crippen LogP contribution in [0.15, 0.2) is 43.0 Å². The first-order valence-electron chi connectivity index (χ1n) is 10.4. The summed E-state index contributed by atoms with van der Waals surface area (Å²) in [5.41, 5.74) is -3.84. The second kappa shape index (κ2) is 9.39. The van der Waals surface area contributed by atoms with Gasteiger partial charge in [0.1, 0.15) is 6.33 Å². The van der Waals surface area contributed by atoms with Gasteiger partial charge in [0.25, 0.3) is 11.9 Å². The molecule has 35 heavy (non-hydrogen) atoms. The second-order valence-electron chi connectivity index (χ2n) is 9.04.